The summed E-state index contributed by atoms with van der Waals surface area (Å²) < 4.78 is 2.05. The predicted octanol–water partition coefficient (Wildman–Crippen LogP) is 1.61. The molecule has 1 aliphatic heterocycles. The van der Waals surface area contributed by atoms with Gasteiger partial charge in [-0.2, -0.15) is 0 Å². The van der Waals surface area contributed by atoms with Crippen LogP contribution in [0.3, 0.4) is 0 Å². The van der Waals surface area contributed by atoms with E-state index in [9.17, 15) is 4.79 Å². The average molecular weight is 327 g/mol. The third-order valence-corrected chi connectivity index (χ3v) is 5.50. The van der Waals surface area contributed by atoms with Gasteiger partial charge in [0.2, 0.25) is 5.91 Å². The van der Waals surface area contributed by atoms with E-state index in [1.165, 1.54) is 19.3 Å². The summed E-state index contributed by atoms with van der Waals surface area (Å²) in [5.41, 5.74) is 8.60. The molecular formula is C18H25N5O. The molecule has 2 heterocycles. The third kappa shape index (κ3) is 2.80. The molecule has 24 heavy (non-hydrogen) atoms. The lowest BCUT2D eigenvalue weighted by molar-refractivity contribution is -0.124. The van der Waals surface area contributed by atoms with Crippen molar-refractivity contribution in [3.05, 3.63) is 30.1 Å². The van der Waals surface area contributed by atoms with Gasteiger partial charge in [0.15, 0.2) is 0 Å². The second kappa shape index (κ2) is 6.53. The number of nitrogens with one attached hydrogen (secondary N) is 3. The van der Waals surface area contributed by atoms with E-state index in [1.807, 2.05) is 35.9 Å². The zero-order chi connectivity index (χ0) is 16.5. The second-order valence-electron chi connectivity index (χ2n) is 6.97. The maximum Gasteiger partial charge on any atom is 0.239 e. The van der Waals surface area contributed by atoms with E-state index in [0.29, 0.717) is 18.5 Å². The molecule has 0 bridgehead atoms. The second-order valence-corrected chi connectivity index (χ2v) is 6.97. The van der Waals surface area contributed by atoms with E-state index in [1.54, 1.807) is 0 Å². The lowest BCUT2D eigenvalue weighted by Crippen LogP contribution is -2.45. The highest BCUT2D eigenvalue weighted by Gasteiger charge is 2.40. The number of aryl methyl sites for hydroxylation is 1. The van der Waals surface area contributed by atoms with Gasteiger partial charge in [-0.1, -0.05) is 31.4 Å². The first-order chi connectivity index (χ1) is 11.7. The van der Waals surface area contributed by atoms with Crippen LogP contribution in [0.25, 0.3) is 11.0 Å². The number of hydrogen-bond acceptors (Lipinski definition) is 4. The Labute approximate surface area is 142 Å². The zero-order valence-electron chi connectivity index (χ0n) is 14.1. The van der Waals surface area contributed by atoms with Crippen LogP contribution in [0.1, 0.15) is 37.9 Å². The highest BCUT2D eigenvalue weighted by atomic mass is 16.2. The minimum Gasteiger partial charge on any atom is -0.347 e. The van der Waals surface area contributed by atoms with Gasteiger partial charge in [-0.3, -0.25) is 10.2 Å². The number of aromatic nitrogens is 2. The van der Waals surface area contributed by atoms with Crippen molar-refractivity contribution in [3.63, 3.8) is 0 Å². The first-order valence-corrected chi connectivity index (χ1v) is 8.93. The number of nitrogens with zero attached hydrogens (tertiary/aromatic N) is 2. The summed E-state index contributed by atoms with van der Waals surface area (Å²) in [5, 5.41) is 3.07. The summed E-state index contributed by atoms with van der Waals surface area (Å²) in [6, 6.07) is 8.33. The number of carbonyl (C=O) groups excluding carboxylic acids is 1. The van der Waals surface area contributed by atoms with Crippen LogP contribution < -0.4 is 16.2 Å². The maximum atomic E-state index is 12.7. The van der Waals surface area contributed by atoms with Crippen LogP contribution >= 0.6 is 0 Å². The molecule has 3 N–H and O–H groups in total. The van der Waals surface area contributed by atoms with Crippen LogP contribution in [-0.4, -0.2) is 27.5 Å². The van der Waals surface area contributed by atoms with Gasteiger partial charge >= 0.3 is 0 Å². The molecule has 2 aromatic rings. The Morgan fingerprint density at radius 3 is 2.96 bits per heavy atom. The molecule has 1 saturated carbocycles. The first kappa shape index (κ1) is 15.6. The molecule has 0 spiro atoms. The number of fused-ring (bicyclic) bond motifs is 2. The van der Waals surface area contributed by atoms with E-state index < -0.39 is 0 Å². The third-order valence-electron chi connectivity index (χ3n) is 5.50. The molecule has 6 heteroatoms. The predicted molar refractivity (Wildman–Crippen MR) is 93.0 cm³/mol. The molecule has 2 aliphatic rings. The van der Waals surface area contributed by atoms with Crippen molar-refractivity contribution < 1.29 is 4.79 Å². The number of para-hydroxylation sites is 2. The lowest BCUT2D eigenvalue weighted by Gasteiger charge is -2.20. The Kier molecular flexibility index (Phi) is 4.24. The number of amides is 1. The van der Waals surface area contributed by atoms with Gasteiger partial charge in [0.05, 0.1) is 17.6 Å². The van der Waals surface area contributed by atoms with E-state index in [0.717, 1.165) is 29.7 Å². The van der Waals surface area contributed by atoms with Crippen molar-refractivity contribution in [2.45, 2.75) is 50.7 Å². The van der Waals surface area contributed by atoms with Crippen molar-refractivity contribution in [3.8, 4) is 0 Å². The molecule has 128 valence electrons. The van der Waals surface area contributed by atoms with Gasteiger partial charge in [-0.25, -0.2) is 10.4 Å². The summed E-state index contributed by atoms with van der Waals surface area (Å²) >= 11 is 0. The zero-order valence-corrected chi connectivity index (χ0v) is 14.1. The highest BCUT2D eigenvalue weighted by molar-refractivity contribution is 5.82. The Hall–Kier alpha value is -1.92. The summed E-state index contributed by atoms with van der Waals surface area (Å²) in [4.78, 5) is 17.3. The van der Waals surface area contributed by atoms with Crippen LogP contribution in [0.15, 0.2) is 24.3 Å². The van der Waals surface area contributed by atoms with Crippen LogP contribution in [-0.2, 0) is 18.4 Å². The van der Waals surface area contributed by atoms with Gasteiger partial charge in [-0.05, 0) is 25.0 Å². The lowest BCUT2D eigenvalue weighted by atomic mass is 9.90. The van der Waals surface area contributed by atoms with Crippen LogP contribution in [0.4, 0.5) is 0 Å². The molecule has 1 saturated heterocycles. The fraction of sp³-hybridized carbons (Fsp3) is 0.556. The Balaban J connectivity index is 1.43. The summed E-state index contributed by atoms with van der Waals surface area (Å²) in [5.74, 6) is 1.35. The first-order valence-electron chi connectivity index (χ1n) is 8.93. The number of hydrogen-bond donors (Lipinski definition) is 3. The molecule has 1 amide bonds. The molecule has 0 radical (unpaired) electrons. The Bertz CT molecular complexity index is 740. The van der Waals surface area contributed by atoms with Gasteiger partial charge in [0.1, 0.15) is 11.9 Å². The molecular weight excluding hydrogens is 302 g/mol. The Morgan fingerprint density at radius 2 is 2.08 bits per heavy atom. The number of benzene rings is 1. The normalized spacial score (nSPS) is 27.0. The molecule has 6 nitrogen and oxygen atoms in total. The number of carbonyl (C=O) groups is 1. The van der Waals surface area contributed by atoms with E-state index in [-0.39, 0.29) is 11.9 Å². The van der Waals surface area contributed by atoms with E-state index in [4.69, 9.17) is 0 Å². The topological polar surface area (TPSA) is 71.0 Å². The maximum absolute atomic E-state index is 12.7. The molecule has 3 atom stereocenters. The summed E-state index contributed by atoms with van der Waals surface area (Å²) in [7, 11) is 1.99. The van der Waals surface area contributed by atoms with Crippen molar-refractivity contribution in [1.82, 2.24) is 25.7 Å². The standard InChI is InChI=1S/C18H25N5O/c1-23-15-10-6-5-9-14(15)20-16(23)11-19-18(24)17-12-7-3-2-4-8-13(12)21-22-17/h5-6,9-10,12-13,17,21-22H,2-4,7-8,11H2,1H3,(H,19,24). The smallest absolute Gasteiger partial charge is 0.239 e. The van der Waals surface area contributed by atoms with Gasteiger partial charge in [0.25, 0.3) is 0 Å². The monoisotopic (exact) mass is 327 g/mol. The quantitative estimate of drug-likeness (QED) is 0.801. The molecule has 1 aliphatic carbocycles. The van der Waals surface area contributed by atoms with Crippen LogP contribution in [0.2, 0.25) is 0 Å². The van der Waals surface area contributed by atoms with Crippen molar-refractivity contribution in [1.29, 1.82) is 0 Å². The minimum atomic E-state index is -0.136. The van der Waals surface area contributed by atoms with Crippen molar-refractivity contribution in [2.75, 3.05) is 0 Å². The number of imidazole rings is 1. The molecule has 3 unspecified atom stereocenters. The largest absolute Gasteiger partial charge is 0.347 e. The highest BCUT2D eigenvalue weighted by Crippen LogP contribution is 2.29. The van der Waals surface area contributed by atoms with Gasteiger partial charge in [-0.15, -0.1) is 0 Å². The molecule has 1 aromatic carbocycles. The van der Waals surface area contributed by atoms with E-state index in [2.05, 4.69) is 21.2 Å². The fourth-order valence-corrected chi connectivity index (χ4v) is 4.11. The van der Waals surface area contributed by atoms with Gasteiger partial charge in [0, 0.05) is 19.0 Å². The van der Waals surface area contributed by atoms with Crippen molar-refractivity contribution in [2.24, 2.45) is 13.0 Å². The van der Waals surface area contributed by atoms with Crippen LogP contribution in [0.5, 0.6) is 0 Å². The van der Waals surface area contributed by atoms with Gasteiger partial charge < -0.3 is 9.88 Å². The minimum absolute atomic E-state index is 0.0731. The van der Waals surface area contributed by atoms with E-state index >= 15 is 0 Å². The molecule has 2 fully saturated rings. The fourth-order valence-electron chi connectivity index (χ4n) is 4.11. The Morgan fingerprint density at radius 1 is 1.25 bits per heavy atom. The molecule has 4 rings (SSSR count). The van der Waals surface area contributed by atoms with Crippen molar-refractivity contribution >= 4 is 16.9 Å². The average Bonchev–Trinajstić information content (AvgIpc) is 3.06. The molecule has 1 aromatic heterocycles. The SMILES string of the molecule is Cn1c(CNC(=O)C2NNC3CCCCCC32)nc2ccccc21. The summed E-state index contributed by atoms with van der Waals surface area (Å²) in [6.45, 7) is 0.458. The van der Waals surface area contributed by atoms with Crippen LogP contribution in [0, 0.1) is 5.92 Å². The number of hydrazine groups is 1. The number of rotatable bonds is 3. The summed E-state index contributed by atoms with van der Waals surface area (Å²) in [6.07, 6.45) is 6.03.